The number of hydrogen-bond donors (Lipinski definition) is 1. The van der Waals surface area contributed by atoms with Gasteiger partial charge in [-0.2, -0.15) is 10.2 Å². The standard InChI is InChI=1S/C33H26F6N6O/c1-20(33(46,17-44-19-40-18-41-44)30-4-2-24(34)13-31(30)39)45-16-23-10-29(3-5-32(23)42-45)43(14-21-6-25(35)11-26(36)7-21)15-22-8-27(37)12-28(38)9-22/h2-13,16,18-20,46H,14-15,17H2,1H3/t20-,33-/m1/s1. The predicted octanol–water partition coefficient (Wildman–Crippen LogP) is 6.82. The summed E-state index contributed by atoms with van der Waals surface area (Å²) in [5.41, 5.74) is -0.529. The highest BCUT2D eigenvalue weighted by molar-refractivity contribution is 5.82. The van der Waals surface area contributed by atoms with Crippen LogP contribution >= 0.6 is 0 Å². The van der Waals surface area contributed by atoms with Crippen LogP contribution in [0.3, 0.4) is 0 Å². The Morgan fingerprint density at radius 3 is 1.98 bits per heavy atom. The first-order chi connectivity index (χ1) is 22.0. The molecule has 2 atom stereocenters. The number of anilines is 1. The fraction of sp³-hybridized carbons (Fsp3) is 0.182. The molecule has 0 fully saturated rings. The van der Waals surface area contributed by atoms with Crippen molar-refractivity contribution < 1.29 is 31.4 Å². The second-order valence-electron chi connectivity index (χ2n) is 11.1. The summed E-state index contributed by atoms with van der Waals surface area (Å²) >= 11 is 0. The molecule has 6 rings (SSSR count). The summed E-state index contributed by atoms with van der Waals surface area (Å²) in [4.78, 5) is 5.58. The average molecular weight is 637 g/mol. The lowest BCUT2D eigenvalue weighted by Crippen LogP contribution is -2.40. The number of aromatic nitrogens is 5. The number of halogens is 6. The van der Waals surface area contributed by atoms with Crippen molar-refractivity contribution in [2.45, 2.75) is 38.2 Å². The van der Waals surface area contributed by atoms with Gasteiger partial charge in [-0.05, 0) is 66.6 Å². The molecular formula is C33H26F6N6O. The maximum atomic E-state index is 15.1. The van der Waals surface area contributed by atoms with Crippen molar-refractivity contribution in [1.29, 1.82) is 0 Å². The highest BCUT2D eigenvalue weighted by atomic mass is 19.2. The van der Waals surface area contributed by atoms with Gasteiger partial charge in [0.15, 0.2) is 0 Å². The van der Waals surface area contributed by atoms with E-state index < -0.39 is 46.5 Å². The summed E-state index contributed by atoms with van der Waals surface area (Å²) in [7, 11) is 0. The van der Waals surface area contributed by atoms with Gasteiger partial charge in [0, 0.05) is 54.1 Å². The largest absolute Gasteiger partial charge is 0.381 e. The first kappa shape index (κ1) is 30.8. The van der Waals surface area contributed by atoms with Crippen LogP contribution in [0, 0.1) is 34.9 Å². The Balaban J connectivity index is 1.38. The number of hydrogen-bond acceptors (Lipinski definition) is 5. The summed E-state index contributed by atoms with van der Waals surface area (Å²) in [6, 6.07) is 13.3. The van der Waals surface area contributed by atoms with E-state index in [4.69, 9.17) is 0 Å². The molecule has 46 heavy (non-hydrogen) atoms. The molecule has 2 aromatic heterocycles. The lowest BCUT2D eigenvalue weighted by atomic mass is 9.86. The van der Waals surface area contributed by atoms with Gasteiger partial charge in [-0.25, -0.2) is 36.0 Å². The van der Waals surface area contributed by atoms with Crippen molar-refractivity contribution in [3.05, 3.63) is 143 Å². The zero-order valence-electron chi connectivity index (χ0n) is 24.3. The molecule has 13 heteroatoms. The molecular weight excluding hydrogens is 610 g/mol. The molecule has 4 aromatic carbocycles. The minimum Gasteiger partial charge on any atom is -0.381 e. The topological polar surface area (TPSA) is 72.0 Å². The third-order valence-corrected chi connectivity index (χ3v) is 7.82. The third-order valence-electron chi connectivity index (χ3n) is 7.82. The fourth-order valence-electron chi connectivity index (χ4n) is 5.57. The van der Waals surface area contributed by atoms with Crippen LogP contribution in [-0.4, -0.2) is 29.7 Å². The van der Waals surface area contributed by atoms with E-state index in [1.807, 2.05) is 0 Å². The molecule has 0 aliphatic carbocycles. The molecule has 0 unspecified atom stereocenters. The van der Waals surface area contributed by atoms with Crippen LogP contribution in [0.4, 0.5) is 32.0 Å². The van der Waals surface area contributed by atoms with E-state index in [1.54, 1.807) is 36.2 Å². The molecule has 7 nitrogen and oxygen atoms in total. The van der Waals surface area contributed by atoms with Crippen molar-refractivity contribution in [3.8, 4) is 0 Å². The first-order valence-electron chi connectivity index (χ1n) is 14.1. The normalized spacial score (nSPS) is 13.6. The van der Waals surface area contributed by atoms with Gasteiger partial charge in [-0.3, -0.25) is 4.68 Å². The Morgan fingerprint density at radius 2 is 1.41 bits per heavy atom. The van der Waals surface area contributed by atoms with E-state index in [0.717, 1.165) is 18.2 Å². The lowest BCUT2D eigenvalue weighted by molar-refractivity contribution is -0.0366. The molecule has 0 saturated carbocycles. The Kier molecular flexibility index (Phi) is 8.26. The highest BCUT2D eigenvalue weighted by Gasteiger charge is 2.41. The molecule has 0 radical (unpaired) electrons. The van der Waals surface area contributed by atoms with E-state index in [1.165, 1.54) is 52.4 Å². The molecule has 0 aliphatic rings. The summed E-state index contributed by atoms with van der Waals surface area (Å²) < 4.78 is 87.8. The van der Waals surface area contributed by atoms with Crippen LogP contribution < -0.4 is 4.90 Å². The average Bonchev–Trinajstić information content (AvgIpc) is 3.64. The van der Waals surface area contributed by atoms with Crippen LogP contribution in [0.15, 0.2) is 91.6 Å². The minimum atomic E-state index is -1.97. The minimum absolute atomic E-state index is 0.00956. The van der Waals surface area contributed by atoms with Crippen molar-refractivity contribution in [1.82, 2.24) is 24.5 Å². The lowest BCUT2D eigenvalue weighted by Gasteiger charge is -2.34. The van der Waals surface area contributed by atoms with E-state index in [2.05, 4.69) is 15.2 Å². The van der Waals surface area contributed by atoms with Crippen molar-refractivity contribution in [2.24, 2.45) is 0 Å². The Labute approximate surface area is 259 Å². The summed E-state index contributed by atoms with van der Waals surface area (Å²) in [6.45, 7) is 1.37. The zero-order valence-corrected chi connectivity index (χ0v) is 24.3. The van der Waals surface area contributed by atoms with Crippen molar-refractivity contribution in [2.75, 3.05) is 4.90 Å². The fourth-order valence-corrected chi connectivity index (χ4v) is 5.57. The van der Waals surface area contributed by atoms with E-state index in [0.29, 0.717) is 33.8 Å². The summed E-state index contributed by atoms with van der Waals surface area (Å²) in [5, 5.41) is 21.2. The van der Waals surface area contributed by atoms with Gasteiger partial charge in [0.25, 0.3) is 0 Å². The molecule has 0 aliphatic heterocycles. The van der Waals surface area contributed by atoms with Gasteiger partial charge in [-0.15, -0.1) is 0 Å². The number of fused-ring (bicyclic) bond motifs is 1. The molecule has 6 aromatic rings. The van der Waals surface area contributed by atoms with Crippen LogP contribution in [-0.2, 0) is 25.2 Å². The molecule has 236 valence electrons. The van der Waals surface area contributed by atoms with Crippen LogP contribution in [0.5, 0.6) is 0 Å². The monoisotopic (exact) mass is 636 g/mol. The summed E-state index contributed by atoms with van der Waals surface area (Å²) in [5.74, 6) is -4.84. The van der Waals surface area contributed by atoms with Gasteiger partial charge in [-0.1, -0.05) is 6.07 Å². The van der Waals surface area contributed by atoms with Gasteiger partial charge in [0.2, 0.25) is 0 Å². The maximum Gasteiger partial charge on any atom is 0.137 e. The molecule has 0 spiro atoms. The van der Waals surface area contributed by atoms with Crippen molar-refractivity contribution in [3.63, 3.8) is 0 Å². The predicted molar refractivity (Wildman–Crippen MR) is 157 cm³/mol. The van der Waals surface area contributed by atoms with Gasteiger partial charge in [0.05, 0.1) is 18.1 Å². The van der Waals surface area contributed by atoms with Crippen LogP contribution in [0.2, 0.25) is 0 Å². The molecule has 0 amide bonds. The summed E-state index contributed by atoms with van der Waals surface area (Å²) in [6.07, 6.45) is 4.24. The highest BCUT2D eigenvalue weighted by Crippen LogP contribution is 2.37. The smallest absolute Gasteiger partial charge is 0.137 e. The Morgan fingerprint density at radius 1 is 0.783 bits per heavy atom. The number of rotatable bonds is 10. The molecule has 1 N–H and O–H groups in total. The number of nitrogens with zero attached hydrogens (tertiary/aromatic N) is 6. The van der Waals surface area contributed by atoms with E-state index in [9.17, 15) is 27.1 Å². The van der Waals surface area contributed by atoms with Gasteiger partial charge >= 0.3 is 0 Å². The second kappa shape index (κ2) is 12.3. The SMILES string of the molecule is C[C@@H](n1cc2cc(N(Cc3cc(F)cc(F)c3)Cc3cc(F)cc(F)c3)ccc2n1)[C@](O)(Cn1cncn1)c1ccc(F)cc1F. The van der Waals surface area contributed by atoms with Gasteiger partial charge < -0.3 is 10.0 Å². The molecule has 2 heterocycles. The third kappa shape index (κ3) is 6.45. The second-order valence-corrected chi connectivity index (χ2v) is 11.1. The number of benzene rings is 4. The maximum absolute atomic E-state index is 15.1. The van der Waals surface area contributed by atoms with Crippen molar-refractivity contribution >= 4 is 16.6 Å². The van der Waals surface area contributed by atoms with E-state index >= 15 is 4.39 Å². The van der Waals surface area contributed by atoms with Gasteiger partial charge in [0.1, 0.15) is 53.2 Å². The molecule has 0 saturated heterocycles. The molecule has 0 bridgehead atoms. The Bertz CT molecular complexity index is 1920. The number of aliphatic hydroxyl groups is 1. The van der Waals surface area contributed by atoms with E-state index in [-0.39, 0.29) is 25.2 Å². The zero-order chi connectivity index (χ0) is 32.6. The quantitative estimate of drug-likeness (QED) is 0.167. The Hall–Kier alpha value is -5.17. The van der Waals surface area contributed by atoms with Crippen LogP contribution in [0.25, 0.3) is 10.9 Å². The van der Waals surface area contributed by atoms with Crippen LogP contribution in [0.1, 0.15) is 29.7 Å². The first-order valence-corrected chi connectivity index (χ1v) is 14.1.